The molecular weight excluding hydrogens is 406 g/mol. The van der Waals surface area contributed by atoms with Gasteiger partial charge in [-0.25, -0.2) is 4.79 Å². The van der Waals surface area contributed by atoms with Gasteiger partial charge in [-0.2, -0.15) is 25.3 Å². The number of thiol groups is 2. The highest BCUT2D eigenvalue weighted by Crippen LogP contribution is 2.37. The fraction of sp³-hybridized carbons (Fsp3) is 0.444. The van der Waals surface area contributed by atoms with Gasteiger partial charge in [-0.3, -0.25) is 14.4 Å². The fourth-order valence-electron chi connectivity index (χ4n) is 2.98. The molecule has 1 aromatic rings. The summed E-state index contributed by atoms with van der Waals surface area (Å²) in [7, 11) is 0. The Hall–Kier alpha value is -1.45. The Morgan fingerprint density at radius 2 is 1.81 bits per heavy atom. The van der Waals surface area contributed by atoms with E-state index in [2.05, 4.69) is 25.3 Å². The number of carbonyl (C=O) groups excluding carboxylic acids is 3. The highest BCUT2D eigenvalue weighted by Gasteiger charge is 2.48. The second kappa shape index (κ2) is 9.66. The molecule has 9 heteroatoms. The van der Waals surface area contributed by atoms with Crippen LogP contribution in [0.1, 0.15) is 17.3 Å². The number of hydrogen-bond donors (Lipinski definition) is 3. The molecule has 0 aliphatic carbocycles. The van der Waals surface area contributed by atoms with E-state index >= 15 is 0 Å². The normalized spacial score (nSPS) is 21.5. The number of hydrogen-bond acceptors (Lipinski definition) is 7. The Balaban J connectivity index is 2.38. The molecule has 1 amide bonds. The summed E-state index contributed by atoms with van der Waals surface area (Å²) in [5.74, 6) is -3.82. The van der Waals surface area contributed by atoms with E-state index in [-0.39, 0.29) is 23.0 Å². The molecule has 1 aliphatic rings. The van der Waals surface area contributed by atoms with Crippen LogP contribution in [0, 0.1) is 11.8 Å². The Bertz CT molecular complexity index is 727. The van der Waals surface area contributed by atoms with Crippen molar-refractivity contribution >= 4 is 60.5 Å². The van der Waals surface area contributed by atoms with E-state index in [1.54, 1.807) is 30.3 Å². The smallest absolute Gasteiger partial charge is 0.327 e. The molecule has 146 valence electrons. The quantitative estimate of drug-likeness (QED) is 0.333. The molecule has 27 heavy (non-hydrogen) atoms. The van der Waals surface area contributed by atoms with Gasteiger partial charge in [-0.15, -0.1) is 11.8 Å². The Morgan fingerprint density at radius 1 is 1.19 bits per heavy atom. The summed E-state index contributed by atoms with van der Waals surface area (Å²) in [6.45, 7) is 1.39. The lowest BCUT2D eigenvalue weighted by Gasteiger charge is -2.33. The number of nitrogens with zero attached hydrogens (tertiary/aromatic N) is 1. The van der Waals surface area contributed by atoms with Crippen LogP contribution in [-0.4, -0.2) is 62.1 Å². The number of thioether (sulfide) groups is 1. The van der Waals surface area contributed by atoms with E-state index < -0.39 is 40.9 Å². The summed E-state index contributed by atoms with van der Waals surface area (Å²) in [6.07, 6.45) is 0. The van der Waals surface area contributed by atoms with E-state index in [4.69, 9.17) is 0 Å². The van der Waals surface area contributed by atoms with Crippen LogP contribution in [0.4, 0.5) is 0 Å². The van der Waals surface area contributed by atoms with Crippen LogP contribution >= 0.6 is 37.0 Å². The van der Waals surface area contributed by atoms with Gasteiger partial charge in [0.2, 0.25) is 5.91 Å². The van der Waals surface area contributed by atoms with Gasteiger partial charge in [-0.05, 0) is 6.92 Å². The van der Waals surface area contributed by atoms with E-state index in [9.17, 15) is 24.3 Å². The summed E-state index contributed by atoms with van der Waals surface area (Å²) in [4.78, 5) is 50.8. The third-order valence-electron chi connectivity index (χ3n) is 4.49. The molecule has 1 heterocycles. The Labute approximate surface area is 172 Å². The summed E-state index contributed by atoms with van der Waals surface area (Å²) < 4.78 is 0. The van der Waals surface area contributed by atoms with Crippen molar-refractivity contribution in [1.82, 2.24) is 4.90 Å². The number of carbonyl (C=O) groups is 4. The van der Waals surface area contributed by atoms with E-state index in [1.165, 1.54) is 23.6 Å². The molecule has 2 rings (SSSR count). The molecule has 0 aromatic heterocycles. The van der Waals surface area contributed by atoms with Crippen molar-refractivity contribution in [3.05, 3.63) is 35.9 Å². The van der Waals surface area contributed by atoms with Crippen molar-refractivity contribution < 1.29 is 24.3 Å². The lowest BCUT2D eigenvalue weighted by Crippen LogP contribution is -2.52. The summed E-state index contributed by atoms with van der Waals surface area (Å²) in [6, 6.07) is 7.24. The van der Waals surface area contributed by atoms with Crippen LogP contribution < -0.4 is 0 Å². The summed E-state index contributed by atoms with van der Waals surface area (Å²) in [5.41, 5.74) is 0.359. The average Bonchev–Trinajstić information content (AvgIpc) is 3.08. The zero-order valence-electron chi connectivity index (χ0n) is 14.6. The monoisotopic (exact) mass is 427 g/mol. The van der Waals surface area contributed by atoms with Crippen LogP contribution in [0.15, 0.2) is 30.3 Å². The molecule has 6 nitrogen and oxygen atoms in total. The zero-order chi connectivity index (χ0) is 20.1. The fourth-order valence-corrected chi connectivity index (χ4v) is 5.52. The van der Waals surface area contributed by atoms with E-state index in [0.717, 1.165) is 0 Å². The minimum Gasteiger partial charge on any atom is -0.480 e. The second-order valence-electron chi connectivity index (χ2n) is 6.19. The van der Waals surface area contributed by atoms with Gasteiger partial charge in [-0.1, -0.05) is 30.3 Å². The first-order chi connectivity index (χ1) is 12.8. The van der Waals surface area contributed by atoms with Crippen molar-refractivity contribution in [2.45, 2.75) is 18.3 Å². The highest BCUT2D eigenvalue weighted by atomic mass is 32.2. The lowest BCUT2D eigenvalue weighted by atomic mass is 9.96. The van der Waals surface area contributed by atoms with Gasteiger partial charge < -0.3 is 10.0 Å². The number of Topliss-reactive ketones (excluding diaryl/α,β-unsaturated/α-hetero) is 2. The molecule has 1 saturated heterocycles. The number of ketones is 2. The third kappa shape index (κ3) is 4.70. The topological polar surface area (TPSA) is 91.8 Å². The van der Waals surface area contributed by atoms with Crippen molar-refractivity contribution in [1.29, 1.82) is 0 Å². The minimum absolute atomic E-state index is 0.0571. The first-order valence-corrected chi connectivity index (χ1v) is 10.6. The number of amides is 1. The number of carboxylic acids is 1. The van der Waals surface area contributed by atoms with Crippen molar-refractivity contribution in [2.75, 3.05) is 17.3 Å². The molecule has 0 saturated carbocycles. The first kappa shape index (κ1) is 21.8. The van der Waals surface area contributed by atoms with E-state index in [0.29, 0.717) is 5.56 Å². The molecule has 1 unspecified atom stereocenters. The van der Waals surface area contributed by atoms with Crippen LogP contribution in [-0.2, 0) is 14.4 Å². The molecule has 0 spiro atoms. The standard InChI is InChI=1S/C18H21NO5S3/c1-10(20)12(7-25)17-19(14(9-27-17)18(23)24)16(22)13(8-26)15(21)11-5-3-2-4-6-11/h2-6,12-14,17,25-26H,7-9H2,1H3,(H,23,24)/t12-,13+,14+,17?/m1/s1. The SMILES string of the molecule is CC(=O)[C@@H](CS)C1SC[C@@H](C(=O)O)N1C(=O)[C@@H](CS)C(=O)c1ccccc1. The Morgan fingerprint density at radius 3 is 2.30 bits per heavy atom. The van der Waals surface area contributed by atoms with Crippen molar-refractivity contribution in [2.24, 2.45) is 11.8 Å². The lowest BCUT2D eigenvalue weighted by molar-refractivity contribution is -0.151. The van der Waals surface area contributed by atoms with Gasteiger partial charge >= 0.3 is 5.97 Å². The van der Waals surface area contributed by atoms with Gasteiger partial charge in [0.25, 0.3) is 0 Å². The maximum atomic E-state index is 13.2. The van der Waals surface area contributed by atoms with Gasteiger partial charge in [0, 0.05) is 22.8 Å². The largest absolute Gasteiger partial charge is 0.480 e. The molecule has 1 N–H and O–H groups in total. The molecule has 0 radical (unpaired) electrons. The Kier molecular flexibility index (Phi) is 7.81. The number of aliphatic carboxylic acids is 1. The first-order valence-electron chi connectivity index (χ1n) is 8.31. The summed E-state index contributed by atoms with van der Waals surface area (Å²) in [5, 5.41) is 8.87. The van der Waals surface area contributed by atoms with Crippen LogP contribution in [0.2, 0.25) is 0 Å². The number of carboxylic acid groups (broad SMARTS) is 1. The van der Waals surface area contributed by atoms with Gasteiger partial charge in [0.15, 0.2) is 5.78 Å². The predicted octanol–water partition coefficient (Wildman–Crippen LogP) is 1.90. The maximum Gasteiger partial charge on any atom is 0.327 e. The van der Waals surface area contributed by atoms with Gasteiger partial charge in [0.05, 0.1) is 11.3 Å². The average molecular weight is 428 g/mol. The molecule has 1 aliphatic heterocycles. The third-order valence-corrected chi connectivity index (χ3v) is 6.66. The molecular formula is C18H21NO5S3. The number of rotatable bonds is 8. The number of benzene rings is 1. The predicted molar refractivity (Wildman–Crippen MR) is 111 cm³/mol. The molecule has 0 bridgehead atoms. The van der Waals surface area contributed by atoms with Crippen molar-refractivity contribution in [3.8, 4) is 0 Å². The minimum atomic E-state index is -1.16. The van der Waals surface area contributed by atoms with Gasteiger partial charge in [0.1, 0.15) is 17.7 Å². The zero-order valence-corrected chi connectivity index (χ0v) is 17.3. The molecule has 1 aromatic carbocycles. The van der Waals surface area contributed by atoms with Crippen LogP contribution in [0.25, 0.3) is 0 Å². The van der Waals surface area contributed by atoms with E-state index in [1.807, 2.05) is 0 Å². The van der Waals surface area contributed by atoms with Crippen molar-refractivity contribution in [3.63, 3.8) is 0 Å². The highest BCUT2D eigenvalue weighted by molar-refractivity contribution is 8.00. The maximum absolute atomic E-state index is 13.2. The van der Waals surface area contributed by atoms with Crippen LogP contribution in [0.5, 0.6) is 0 Å². The summed E-state index contributed by atoms with van der Waals surface area (Å²) >= 11 is 9.58. The molecule has 4 atom stereocenters. The second-order valence-corrected chi connectivity index (χ2v) is 8.07. The van der Waals surface area contributed by atoms with Crippen LogP contribution in [0.3, 0.4) is 0 Å². The molecule has 1 fully saturated rings.